The van der Waals surface area contributed by atoms with Crippen LogP contribution in [0.1, 0.15) is 24.8 Å². The highest BCUT2D eigenvalue weighted by molar-refractivity contribution is 7.89. The minimum absolute atomic E-state index is 0.0954. The van der Waals surface area contributed by atoms with Gasteiger partial charge in [-0.2, -0.15) is 4.31 Å². The number of aryl methyl sites for hydroxylation is 1. The van der Waals surface area contributed by atoms with Gasteiger partial charge in [-0.15, -0.1) is 8.78 Å². The molecule has 160 valence electrons. The van der Waals surface area contributed by atoms with Crippen molar-refractivity contribution in [1.29, 1.82) is 0 Å². The molecular weight excluding hydrogens is 418 g/mol. The first-order chi connectivity index (χ1) is 14.2. The molecule has 2 heterocycles. The molecule has 0 aliphatic carbocycles. The van der Waals surface area contributed by atoms with Crippen LogP contribution in [-0.2, 0) is 21.2 Å². The Morgan fingerprint density at radius 2 is 1.70 bits per heavy atom. The van der Waals surface area contributed by atoms with E-state index in [0.717, 1.165) is 18.4 Å². The van der Waals surface area contributed by atoms with Crippen LogP contribution >= 0.6 is 0 Å². The van der Waals surface area contributed by atoms with E-state index in [-0.39, 0.29) is 28.7 Å². The first-order valence-corrected chi connectivity index (χ1v) is 11.0. The molecule has 0 aromatic heterocycles. The van der Waals surface area contributed by atoms with E-state index in [4.69, 9.17) is 0 Å². The van der Waals surface area contributed by atoms with E-state index in [1.165, 1.54) is 22.5 Å². The Bertz CT molecular complexity index is 1050. The van der Waals surface area contributed by atoms with E-state index in [9.17, 15) is 22.0 Å². The van der Waals surface area contributed by atoms with Gasteiger partial charge in [-0.1, -0.05) is 12.1 Å². The molecule has 0 atom stereocenters. The number of alkyl halides is 2. The number of sulfonamides is 1. The van der Waals surface area contributed by atoms with E-state index in [2.05, 4.69) is 14.8 Å². The van der Waals surface area contributed by atoms with Gasteiger partial charge in [-0.05, 0) is 49.1 Å². The standard InChI is InChI=1S/C20H20F2N2O5S/c21-20(22)28-17-9-6-15(13-18(17)29-20)23-19(25)10-5-14-3-7-16(8-4-14)30(26,27)24-11-1-2-12-24/h3-4,6-9,13H,1-2,5,10-12H2,(H,23,25). The molecule has 2 aliphatic heterocycles. The van der Waals surface area contributed by atoms with Gasteiger partial charge < -0.3 is 14.8 Å². The van der Waals surface area contributed by atoms with Crippen molar-refractivity contribution in [2.24, 2.45) is 0 Å². The van der Waals surface area contributed by atoms with Gasteiger partial charge in [0.15, 0.2) is 11.5 Å². The summed E-state index contributed by atoms with van der Waals surface area (Å²) >= 11 is 0. The zero-order valence-corrected chi connectivity index (χ0v) is 16.8. The number of hydrogen-bond acceptors (Lipinski definition) is 5. The molecule has 0 bridgehead atoms. The zero-order chi connectivity index (χ0) is 21.4. The summed E-state index contributed by atoms with van der Waals surface area (Å²) in [5, 5.41) is 2.62. The quantitative estimate of drug-likeness (QED) is 0.748. The normalized spacial score (nSPS) is 17.8. The summed E-state index contributed by atoms with van der Waals surface area (Å²) in [6.45, 7) is 1.09. The van der Waals surface area contributed by atoms with E-state index < -0.39 is 16.3 Å². The smallest absolute Gasteiger partial charge is 0.395 e. The van der Waals surface area contributed by atoms with Crippen LogP contribution in [0.2, 0.25) is 0 Å². The predicted octanol–water partition coefficient (Wildman–Crippen LogP) is 3.36. The maximum Gasteiger partial charge on any atom is 0.586 e. The number of benzene rings is 2. The number of anilines is 1. The number of rotatable bonds is 6. The number of halogens is 2. The number of carbonyl (C=O) groups is 1. The summed E-state index contributed by atoms with van der Waals surface area (Å²) in [7, 11) is -3.46. The molecule has 1 fully saturated rings. The van der Waals surface area contributed by atoms with E-state index in [0.29, 0.717) is 25.2 Å². The zero-order valence-electron chi connectivity index (χ0n) is 15.9. The second-order valence-electron chi connectivity index (χ2n) is 7.13. The fraction of sp³-hybridized carbons (Fsp3) is 0.350. The minimum Gasteiger partial charge on any atom is -0.395 e. The van der Waals surface area contributed by atoms with Crippen molar-refractivity contribution in [1.82, 2.24) is 4.31 Å². The molecule has 2 aromatic rings. The summed E-state index contributed by atoms with van der Waals surface area (Å²) in [5.41, 5.74) is 1.13. The van der Waals surface area contributed by atoms with Crippen LogP contribution in [0.3, 0.4) is 0 Å². The summed E-state index contributed by atoms with van der Waals surface area (Å²) in [6.07, 6.45) is -1.42. The Balaban J connectivity index is 1.32. The van der Waals surface area contributed by atoms with Crippen molar-refractivity contribution >= 4 is 21.6 Å². The van der Waals surface area contributed by atoms with Crippen molar-refractivity contribution in [2.75, 3.05) is 18.4 Å². The van der Waals surface area contributed by atoms with Crippen molar-refractivity contribution in [3.63, 3.8) is 0 Å². The topological polar surface area (TPSA) is 84.9 Å². The summed E-state index contributed by atoms with van der Waals surface area (Å²) in [5.74, 6) is -0.552. The van der Waals surface area contributed by atoms with Gasteiger partial charge in [0.05, 0.1) is 4.90 Å². The van der Waals surface area contributed by atoms with Crippen molar-refractivity contribution in [2.45, 2.75) is 36.9 Å². The second-order valence-corrected chi connectivity index (χ2v) is 9.07. The lowest BCUT2D eigenvalue weighted by Gasteiger charge is -2.15. The molecule has 2 aliphatic rings. The van der Waals surface area contributed by atoms with Crippen molar-refractivity contribution < 1.29 is 31.5 Å². The molecule has 4 rings (SSSR count). The highest BCUT2D eigenvalue weighted by atomic mass is 32.2. The van der Waals surface area contributed by atoms with E-state index >= 15 is 0 Å². The van der Waals surface area contributed by atoms with Gasteiger partial charge in [-0.3, -0.25) is 4.79 Å². The average Bonchev–Trinajstić information content (AvgIpc) is 3.33. The molecule has 2 aromatic carbocycles. The predicted molar refractivity (Wildman–Crippen MR) is 104 cm³/mol. The molecule has 0 unspecified atom stereocenters. The third kappa shape index (κ3) is 4.39. The number of ether oxygens (including phenoxy) is 2. The SMILES string of the molecule is O=C(CCc1ccc(S(=O)(=O)N2CCCC2)cc1)Nc1ccc2c(c1)OC(F)(F)O2. The molecule has 1 saturated heterocycles. The highest BCUT2D eigenvalue weighted by Gasteiger charge is 2.43. The molecule has 0 radical (unpaired) electrons. The Kier molecular flexibility index (Phi) is 5.37. The lowest BCUT2D eigenvalue weighted by molar-refractivity contribution is -0.286. The second kappa shape index (κ2) is 7.84. The van der Waals surface area contributed by atoms with Gasteiger partial charge in [0.25, 0.3) is 0 Å². The number of nitrogens with one attached hydrogen (secondary N) is 1. The minimum atomic E-state index is -3.71. The molecule has 1 amide bonds. The van der Waals surface area contributed by atoms with Gasteiger partial charge in [0, 0.05) is 31.3 Å². The van der Waals surface area contributed by atoms with Crippen LogP contribution in [0.5, 0.6) is 11.5 Å². The lowest BCUT2D eigenvalue weighted by atomic mass is 10.1. The van der Waals surface area contributed by atoms with Crippen LogP contribution in [-0.4, -0.2) is 38.0 Å². The Hall–Kier alpha value is -2.72. The summed E-state index contributed by atoms with van der Waals surface area (Å²) in [4.78, 5) is 12.4. The number of amides is 1. The average molecular weight is 438 g/mol. The molecule has 30 heavy (non-hydrogen) atoms. The molecule has 7 nitrogen and oxygen atoms in total. The fourth-order valence-corrected chi connectivity index (χ4v) is 4.93. The third-order valence-corrected chi connectivity index (χ3v) is 6.86. The van der Waals surface area contributed by atoms with Crippen LogP contribution in [0, 0.1) is 0 Å². The number of hydrogen-bond donors (Lipinski definition) is 1. The monoisotopic (exact) mass is 438 g/mol. The number of fused-ring (bicyclic) bond motifs is 1. The molecule has 0 saturated carbocycles. The first-order valence-electron chi connectivity index (χ1n) is 9.52. The fourth-order valence-electron chi connectivity index (χ4n) is 3.41. The third-order valence-electron chi connectivity index (χ3n) is 4.95. The molecule has 0 spiro atoms. The van der Waals surface area contributed by atoms with Crippen LogP contribution in [0.25, 0.3) is 0 Å². The number of nitrogens with zero attached hydrogens (tertiary/aromatic N) is 1. The highest BCUT2D eigenvalue weighted by Crippen LogP contribution is 2.42. The molecular formula is C20H20F2N2O5S. The van der Waals surface area contributed by atoms with E-state index in [1.54, 1.807) is 24.3 Å². The summed E-state index contributed by atoms with van der Waals surface area (Å²) < 4.78 is 61.3. The maximum atomic E-state index is 13.1. The van der Waals surface area contributed by atoms with Crippen LogP contribution < -0.4 is 14.8 Å². The first kappa shape index (κ1) is 20.5. The summed E-state index contributed by atoms with van der Waals surface area (Å²) in [6, 6.07) is 10.5. The van der Waals surface area contributed by atoms with Crippen molar-refractivity contribution in [3.05, 3.63) is 48.0 Å². The molecule has 1 N–H and O–H groups in total. The lowest BCUT2D eigenvalue weighted by Crippen LogP contribution is -2.27. The Morgan fingerprint density at radius 1 is 1.03 bits per heavy atom. The van der Waals surface area contributed by atoms with Gasteiger partial charge >= 0.3 is 6.29 Å². The van der Waals surface area contributed by atoms with Gasteiger partial charge in [0.2, 0.25) is 15.9 Å². The Morgan fingerprint density at radius 3 is 2.40 bits per heavy atom. The Labute approximate surface area is 172 Å². The largest absolute Gasteiger partial charge is 0.586 e. The van der Waals surface area contributed by atoms with Crippen LogP contribution in [0.15, 0.2) is 47.4 Å². The van der Waals surface area contributed by atoms with Gasteiger partial charge in [-0.25, -0.2) is 8.42 Å². The van der Waals surface area contributed by atoms with E-state index in [1.807, 2.05) is 0 Å². The van der Waals surface area contributed by atoms with Crippen LogP contribution in [0.4, 0.5) is 14.5 Å². The van der Waals surface area contributed by atoms with Gasteiger partial charge in [0.1, 0.15) is 0 Å². The molecule has 10 heteroatoms. The van der Waals surface area contributed by atoms with Crippen molar-refractivity contribution in [3.8, 4) is 11.5 Å². The number of carbonyl (C=O) groups excluding carboxylic acids is 1. The maximum absolute atomic E-state index is 13.1.